The molecule has 0 saturated carbocycles. The van der Waals surface area contributed by atoms with Gasteiger partial charge in [0.05, 0.1) is 10.4 Å². The van der Waals surface area contributed by atoms with Crippen molar-refractivity contribution in [1.29, 1.82) is 0 Å². The zero-order chi connectivity index (χ0) is 16.7. The van der Waals surface area contributed by atoms with E-state index >= 15 is 0 Å². The predicted molar refractivity (Wildman–Crippen MR) is 108 cm³/mol. The molecule has 1 saturated heterocycles. The van der Waals surface area contributed by atoms with Crippen LogP contribution in [-0.4, -0.2) is 24.6 Å². The molecule has 1 aliphatic heterocycles. The molecular weight excluding hydrogens is 332 g/mol. The van der Waals surface area contributed by atoms with E-state index in [4.69, 9.17) is 0 Å². The zero-order valence-corrected chi connectivity index (χ0v) is 16.2. The Bertz CT molecular complexity index is 585. The van der Waals surface area contributed by atoms with Crippen LogP contribution in [0.1, 0.15) is 44.6 Å². The molecule has 1 aliphatic rings. The van der Waals surface area contributed by atoms with Gasteiger partial charge in [0.1, 0.15) is 0 Å². The van der Waals surface area contributed by atoms with Crippen LogP contribution in [0.5, 0.6) is 0 Å². The topological polar surface area (TPSA) is 17.8 Å². The van der Waals surface area contributed by atoms with Gasteiger partial charge in [-0.3, -0.25) is 0 Å². The molecule has 2 atom stereocenters. The van der Waals surface area contributed by atoms with Crippen LogP contribution in [0.15, 0.2) is 49.1 Å². The van der Waals surface area contributed by atoms with Crippen LogP contribution >= 0.6 is 23.5 Å². The Morgan fingerprint density at radius 3 is 2.88 bits per heavy atom. The first-order valence-corrected chi connectivity index (χ1v) is 11.0. The summed E-state index contributed by atoms with van der Waals surface area (Å²) in [7, 11) is 0. The second-order valence-corrected chi connectivity index (χ2v) is 10.0. The molecular formula is C20H28N2S2. The number of aromatic nitrogens is 2. The number of hydrogen-bond acceptors (Lipinski definition) is 3. The number of nitrogens with zero attached hydrogens (tertiary/aromatic N) is 2. The third-order valence-electron chi connectivity index (χ3n) is 4.64. The molecule has 2 unspecified atom stereocenters. The van der Waals surface area contributed by atoms with Crippen LogP contribution in [-0.2, 0) is 13.0 Å². The van der Waals surface area contributed by atoms with Gasteiger partial charge in [0.2, 0.25) is 0 Å². The summed E-state index contributed by atoms with van der Waals surface area (Å²) in [5.41, 5.74) is 1.48. The minimum atomic E-state index is 0.361. The molecule has 3 rings (SSSR count). The Hall–Kier alpha value is -0.870. The van der Waals surface area contributed by atoms with E-state index in [2.05, 4.69) is 76.5 Å². The third-order valence-corrected chi connectivity index (χ3v) is 8.45. The molecule has 0 spiro atoms. The van der Waals surface area contributed by atoms with Crippen LogP contribution in [0.4, 0.5) is 0 Å². The Labute approximate surface area is 154 Å². The van der Waals surface area contributed by atoms with Crippen LogP contribution in [0.25, 0.3) is 0 Å². The fraction of sp³-hybridized carbons (Fsp3) is 0.550. The van der Waals surface area contributed by atoms with E-state index in [1.54, 1.807) is 0 Å². The van der Waals surface area contributed by atoms with Gasteiger partial charge >= 0.3 is 0 Å². The second-order valence-electron chi connectivity index (χ2n) is 6.67. The van der Waals surface area contributed by atoms with Gasteiger partial charge in [0.25, 0.3) is 0 Å². The molecule has 1 aromatic heterocycles. The lowest BCUT2D eigenvalue weighted by Crippen LogP contribution is -2.22. The van der Waals surface area contributed by atoms with E-state index in [1.165, 1.54) is 49.8 Å². The van der Waals surface area contributed by atoms with Crippen LogP contribution in [0.3, 0.4) is 0 Å². The number of imidazole rings is 1. The molecule has 0 bridgehead atoms. The summed E-state index contributed by atoms with van der Waals surface area (Å²) in [4.78, 5) is 4.16. The number of aryl methyl sites for hydroxylation is 1. The number of benzene rings is 1. The van der Waals surface area contributed by atoms with Crippen molar-refractivity contribution in [3.63, 3.8) is 0 Å². The third kappa shape index (κ3) is 5.06. The molecule has 2 nitrogen and oxygen atoms in total. The minimum Gasteiger partial charge on any atom is -0.337 e. The van der Waals surface area contributed by atoms with Crippen molar-refractivity contribution in [3.8, 4) is 0 Å². The number of rotatable bonds is 9. The average Bonchev–Trinajstić information content (AvgIpc) is 3.25. The van der Waals surface area contributed by atoms with Crippen molar-refractivity contribution >= 4 is 23.5 Å². The highest BCUT2D eigenvalue weighted by Gasteiger charge is 2.39. The highest BCUT2D eigenvalue weighted by Crippen LogP contribution is 2.53. The molecule has 0 aliphatic carbocycles. The molecule has 2 heterocycles. The molecule has 1 aromatic carbocycles. The molecule has 0 radical (unpaired) electrons. The van der Waals surface area contributed by atoms with Gasteiger partial charge in [-0.1, -0.05) is 50.1 Å². The monoisotopic (exact) mass is 360 g/mol. The summed E-state index contributed by atoms with van der Waals surface area (Å²) in [5, 5.41) is 0.840. The number of unbranched alkanes of at least 4 members (excludes halogenated alkanes) is 1. The van der Waals surface area contributed by atoms with Crippen molar-refractivity contribution in [2.75, 3.05) is 5.75 Å². The lowest BCUT2D eigenvalue weighted by molar-refractivity contribution is 0.578. The lowest BCUT2D eigenvalue weighted by Gasteiger charge is -2.28. The molecule has 130 valence electrons. The van der Waals surface area contributed by atoms with E-state index in [9.17, 15) is 0 Å². The Balaban J connectivity index is 1.62. The van der Waals surface area contributed by atoms with E-state index in [1.807, 2.05) is 12.5 Å². The van der Waals surface area contributed by atoms with Gasteiger partial charge in [0.15, 0.2) is 0 Å². The quantitative estimate of drug-likeness (QED) is 0.576. The summed E-state index contributed by atoms with van der Waals surface area (Å²) in [5.74, 6) is 1.32. The maximum Gasteiger partial charge on any atom is 0.0945 e. The van der Waals surface area contributed by atoms with Crippen molar-refractivity contribution in [2.45, 2.75) is 61.3 Å². The first-order chi connectivity index (χ1) is 11.8. The van der Waals surface area contributed by atoms with Crippen LogP contribution in [0.2, 0.25) is 0 Å². The predicted octanol–water partition coefficient (Wildman–Crippen LogP) is 5.64. The van der Waals surface area contributed by atoms with Crippen molar-refractivity contribution in [1.82, 2.24) is 9.55 Å². The maximum atomic E-state index is 4.16. The Morgan fingerprint density at radius 1 is 1.25 bits per heavy atom. The first-order valence-electron chi connectivity index (χ1n) is 9.11. The zero-order valence-electron chi connectivity index (χ0n) is 14.6. The average molecular weight is 361 g/mol. The summed E-state index contributed by atoms with van der Waals surface area (Å²) >= 11 is 4.49. The largest absolute Gasteiger partial charge is 0.337 e. The molecule has 4 heteroatoms. The maximum absolute atomic E-state index is 4.16. The summed E-state index contributed by atoms with van der Waals surface area (Å²) in [6.07, 6.45) is 13.6. The fourth-order valence-electron chi connectivity index (χ4n) is 3.36. The van der Waals surface area contributed by atoms with Gasteiger partial charge in [0, 0.05) is 29.9 Å². The first kappa shape index (κ1) is 17.9. The van der Waals surface area contributed by atoms with E-state index < -0.39 is 0 Å². The lowest BCUT2D eigenvalue weighted by atomic mass is 10.1. The van der Waals surface area contributed by atoms with Crippen LogP contribution < -0.4 is 0 Å². The van der Waals surface area contributed by atoms with Gasteiger partial charge < -0.3 is 4.57 Å². The standard InChI is InChI=1S/C20H28N2S2/c1-2-3-10-19-16-23-20(24-19,15-18-8-5-4-6-9-18)11-7-13-22-14-12-21-17-22/h4-6,8-9,12,14,17,19H,2-3,7,10-11,13,15-16H2,1H3. The smallest absolute Gasteiger partial charge is 0.0945 e. The number of hydrogen-bond donors (Lipinski definition) is 0. The van der Waals surface area contributed by atoms with Crippen LogP contribution in [0, 0.1) is 0 Å². The SMILES string of the molecule is CCCCC1CSC(CCCn2ccnc2)(Cc2ccccc2)S1. The highest BCUT2D eigenvalue weighted by atomic mass is 32.2. The van der Waals surface area contributed by atoms with Crippen molar-refractivity contribution < 1.29 is 0 Å². The van der Waals surface area contributed by atoms with E-state index in [0.717, 1.165) is 11.8 Å². The van der Waals surface area contributed by atoms with E-state index in [0.29, 0.717) is 4.08 Å². The second kappa shape index (κ2) is 9.00. The van der Waals surface area contributed by atoms with Gasteiger partial charge in [-0.05, 0) is 31.2 Å². The van der Waals surface area contributed by atoms with Crippen molar-refractivity contribution in [3.05, 3.63) is 54.6 Å². The molecule has 0 N–H and O–H groups in total. The summed E-state index contributed by atoms with van der Waals surface area (Å²) in [6, 6.07) is 11.0. The highest BCUT2D eigenvalue weighted by molar-refractivity contribution is 8.21. The molecule has 2 aromatic rings. The molecule has 24 heavy (non-hydrogen) atoms. The summed E-state index contributed by atoms with van der Waals surface area (Å²) < 4.78 is 2.56. The van der Waals surface area contributed by atoms with Gasteiger partial charge in [-0.2, -0.15) is 0 Å². The Kier molecular flexibility index (Phi) is 6.73. The molecule has 1 fully saturated rings. The number of thioether (sulfide) groups is 2. The van der Waals surface area contributed by atoms with Gasteiger partial charge in [-0.15, -0.1) is 23.5 Å². The van der Waals surface area contributed by atoms with E-state index in [-0.39, 0.29) is 0 Å². The summed E-state index contributed by atoms with van der Waals surface area (Å²) in [6.45, 7) is 3.38. The van der Waals surface area contributed by atoms with Crippen molar-refractivity contribution in [2.24, 2.45) is 0 Å². The minimum absolute atomic E-state index is 0.361. The normalized spacial score (nSPS) is 23.6. The Morgan fingerprint density at radius 2 is 2.12 bits per heavy atom. The molecule has 0 amide bonds. The van der Waals surface area contributed by atoms with Gasteiger partial charge in [-0.25, -0.2) is 4.98 Å². The fourth-order valence-corrected chi connectivity index (χ4v) is 7.34.